The minimum Gasteiger partial charge on any atom is -0.390 e. The average Bonchev–Trinajstić information content (AvgIpc) is 2.14. The number of hydrogen-bond donors (Lipinski definition) is 0. The standard InChI is InChI=1S/C5H3NO3/c1-4-2-3-5(9-4)6(7)8/h1H3. The summed E-state index contributed by atoms with van der Waals surface area (Å²) in [7, 11) is 0. The highest BCUT2D eigenvalue weighted by Crippen LogP contribution is 2.07. The molecule has 0 N–H and O–H groups in total. The molecule has 0 amide bonds. The van der Waals surface area contributed by atoms with Gasteiger partial charge in [-0.05, 0) is 5.73 Å². The van der Waals surface area contributed by atoms with Crippen molar-refractivity contribution in [3.05, 3.63) is 33.2 Å². The van der Waals surface area contributed by atoms with Crippen molar-refractivity contribution < 1.29 is 9.66 Å². The molecule has 4 nitrogen and oxygen atoms in total. The van der Waals surface area contributed by atoms with Gasteiger partial charge in [-0.1, -0.05) is 0 Å². The van der Waals surface area contributed by atoms with Crippen LogP contribution in [0.1, 0.15) is 6.92 Å². The lowest BCUT2D eigenvalue weighted by Gasteiger charge is -1.90. The first-order valence-electron chi connectivity index (χ1n) is 2.25. The Labute approximate surface area is 50.9 Å². The van der Waals surface area contributed by atoms with Crippen molar-refractivity contribution in [1.82, 2.24) is 0 Å². The molecule has 9 heavy (non-hydrogen) atoms. The average molecular weight is 125 g/mol. The van der Waals surface area contributed by atoms with Gasteiger partial charge in [0.05, 0.1) is 5.73 Å². The minimum absolute atomic E-state index is 0.377. The zero-order valence-corrected chi connectivity index (χ0v) is 4.67. The molecule has 46 valence electrons. The summed E-state index contributed by atoms with van der Waals surface area (Å²) in [5, 5.41) is 9.87. The number of allylic oxidation sites excluding steroid dienone is 1. The van der Waals surface area contributed by atoms with E-state index >= 15 is 0 Å². The van der Waals surface area contributed by atoms with Gasteiger partial charge in [-0.15, -0.1) is 0 Å². The maximum Gasteiger partial charge on any atom is 0.488 e. The van der Waals surface area contributed by atoms with Crippen molar-refractivity contribution >= 4 is 0 Å². The number of nitrogens with zero attached hydrogens (tertiary/aromatic N) is 1. The molecule has 0 unspecified atom stereocenters. The van der Waals surface area contributed by atoms with Gasteiger partial charge in [0.1, 0.15) is 4.92 Å². The zero-order chi connectivity index (χ0) is 6.85. The van der Waals surface area contributed by atoms with Gasteiger partial charge < -0.3 is 4.74 Å². The largest absolute Gasteiger partial charge is 0.488 e. The van der Waals surface area contributed by atoms with Crippen LogP contribution in [0.15, 0.2) is 23.1 Å². The summed E-state index contributed by atoms with van der Waals surface area (Å²) in [5.74, 6) is -0.00537. The fourth-order valence-corrected chi connectivity index (χ4v) is 0.420. The third-order valence-electron chi connectivity index (χ3n) is 0.761. The van der Waals surface area contributed by atoms with Gasteiger partial charge >= 0.3 is 5.88 Å². The fourth-order valence-electron chi connectivity index (χ4n) is 0.420. The van der Waals surface area contributed by atoms with Crippen LogP contribution in [0.25, 0.3) is 0 Å². The molecule has 0 aromatic carbocycles. The van der Waals surface area contributed by atoms with Crippen molar-refractivity contribution in [3.8, 4) is 0 Å². The Hall–Kier alpha value is -1.50. The van der Waals surface area contributed by atoms with E-state index in [-0.39, 0.29) is 5.88 Å². The molecule has 0 saturated carbocycles. The lowest BCUT2D eigenvalue weighted by atomic mass is 10.6. The van der Waals surface area contributed by atoms with E-state index in [4.69, 9.17) is 0 Å². The van der Waals surface area contributed by atoms with Crippen molar-refractivity contribution in [3.63, 3.8) is 0 Å². The highest BCUT2D eigenvalue weighted by molar-refractivity contribution is 5.00. The fraction of sp³-hybridized carbons (Fsp3) is 0.200. The molecule has 1 heterocycles. The van der Waals surface area contributed by atoms with Gasteiger partial charge in [0.15, 0.2) is 5.76 Å². The molecule has 0 atom stereocenters. The van der Waals surface area contributed by atoms with E-state index in [0.717, 1.165) is 0 Å². The second-order valence-electron chi connectivity index (χ2n) is 1.47. The zero-order valence-electron chi connectivity index (χ0n) is 4.67. The lowest BCUT2D eigenvalue weighted by molar-refractivity contribution is -0.458. The highest BCUT2D eigenvalue weighted by atomic mass is 16.7. The summed E-state index contributed by atoms with van der Waals surface area (Å²) in [5.41, 5.74) is 4.63. The molecule has 0 saturated heterocycles. The smallest absolute Gasteiger partial charge is 0.390 e. The van der Waals surface area contributed by atoms with E-state index in [2.05, 4.69) is 16.2 Å². The van der Waals surface area contributed by atoms with Crippen LogP contribution in [0.3, 0.4) is 0 Å². The molecular formula is C5H3NO3. The van der Waals surface area contributed by atoms with Gasteiger partial charge in [0, 0.05) is 6.92 Å². The number of nitro groups is 1. The molecule has 1 aliphatic heterocycles. The lowest BCUT2D eigenvalue weighted by Crippen LogP contribution is -1.97. The van der Waals surface area contributed by atoms with E-state index in [1.165, 1.54) is 0 Å². The van der Waals surface area contributed by atoms with Crippen LogP contribution in [-0.2, 0) is 4.74 Å². The van der Waals surface area contributed by atoms with E-state index in [9.17, 15) is 10.1 Å². The van der Waals surface area contributed by atoms with Gasteiger partial charge in [-0.25, -0.2) is 0 Å². The SMILES string of the molecule is CC1=C=C=C([N+](=O)[O-])O1. The Morgan fingerprint density at radius 3 is 2.56 bits per heavy atom. The Morgan fingerprint density at radius 2 is 2.33 bits per heavy atom. The molecule has 1 rings (SSSR count). The van der Waals surface area contributed by atoms with Gasteiger partial charge in [0.2, 0.25) is 0 Å². The summed E-state index contributed by atoms with van der Waals surface area (Å²) in [6.45, 7) is 1.57. The monoisotopic (exact) mass is 125 g/mol. The number of rotatable bonds is 1. The quantitative estimate of drug-likeness (QED) is 0.296. The molecule has 0 fully saturated rings. The minimum atomic E-state index is -0.649. The Balaban J connectivity index is 2.96. The molecule has 0 spiro atoms. The van der Waals surface area contributed by atoms with Crippen LogP contribution in [0.4, 0.5) is 0 Å². The van der Waals surface area contributed by atoms with Crippen LogP contribution >= 0.6 is 0 Å². The van der Waals surface area contributed by atoms with E-state index in [1.807, 2.05) is 0 Å². The molecule has 0 aromatic rings. The van der Waals surface area contributed by atoms with Gasteiger partial charge in [-0.2, -0.15) is 0 Å². The summed E-state index contributed by atoms with van der Waals surface area (Å²) in [4.78, 5) is 9.23. The molecule has 0 radical (unpaired) electrons. The summed E-state index contributed by atoms with van der Waals surface area (Å²) >= 11 is 0. The molecule has 0 aromatic heterocycles. The predicted octanol–water partition coefficient (Wildman–Crippen LogP) is 0.792. The number of ether oxygens (including phenoxy) is 1. The first-order valence-corrected chi connectivity index (χ1v) is 2.25. The van der Waals surface area contributed by atoms with Crippen molar-refractivity contribution in [2.24, 2.45) is 0 Å². The topological polar surface area (TPSA) is 52.4 Å². The number of hydrogen-bond acceptors (Lipinski definition) is 3. The van der Waals surface area contributed by atoms with Gasteiger partial charge in [-0.3, -0.25) is 10.1 Å². The highest BCUT2D eigenvalue weighted by Gasteiger charge is 2.14. The van der Waals surface area contributed by atoms with Crippen LogP contribution in [0.5, 0.6) is 0 Å². The van der Waals surface area contributed by atoms with Crippen molar-refractivity contribution in [2.75, 3.05) is 0 Å². The second kappa shape index (κ2) is 1.78. The molecule has 0 bridgehead atoms. The van der Waals surface area contributed by atoms with Crippen molar-refractivity contribution in [2.45, 2.75) is 6.92 Å². The molecule has 0 aliphatic carbocycles. The van der Waals surface area contributed by atoms with Crippen molar-refractivity contribution in [1.29, 1.82) is 0 Å². The first kappa shape index (κ1) is 5.63. The van der Waals surface area contributed by atoms with Crippen LogP contribution in [0, 0.1) is 10.1 Å². The second-order valence-corrected chi connectivity index (χ2v) is 1.47. The third kappa shape index (κ3) is 0.995. The van der Waals surface area contributed by atoms with E-state index in [0.29, 0.717) is 5.76 Å². The Morgan fingerprint density at radius 1 is 1.67 bits per heavy atom. The van der Waals surface area contributed by atoms with E-state index < -0.39 is 4.92 Å². The third-order valence-corrected chi connectivity index (χ3v) is 0.761. The maximum atomic E-state index is 9.87. The van der Waals surface area contributed by atoms with Crippen LogP contribution in [-0.4, -0.2) is 4.92 Å². The van der Waals surface area contributed by atoms with E-state index in [1.54, 1.807) is 6.92 Å². The Bertz CT molecular complexity index is 253. The normalized spacial score (nSPS) is 14.3. The first-order chi connectivity index (χ1) is 4.20. The molecule has 4 heteroatoms. The van der Waals surface area contributed by atoms with Crippen LogP contribution < -0.4 is 0 Å². The maximum absolute atomic E-state index is 9.87. The Kier molecular flexibility index (Phi) is 1.12. The van der Waals surface area contributed by atoms with Gasteiger partial charge in [0.25, 0.3) is 0 Å². The predicted molar refractivity (Wildman–Crippen MR) is 27.8 cm³/mol. The summed E-state index contributed by atoms with van der Waals surface area (Å²) < 4.78 is 4.53. The van der Waals surface area contributed by atoms with Crippen LogP contribution in [0.2, 0.25) is 0 Å². The molecule has 1 aliphatic rings. The summed E-state index contributed by atoms with van der Waals surface area (Å²) in [6.07, 6.45) is 0. The molecular weight excluding hydrogens is 122 g/mol. The summed E-state index contributed by atoms with van der Waals surface area (Å²) in [6, 6.07) is 0.